The molecule has 1 amide bonds. The highest BCUT2D eigenvalue weighted by atomic mass is 16.3. The number of aliphatic hydroxyl groups excluding tert-OH is 1. The molecule has 3 nitrogen and oxygen atoms in total. The molecule has 0 aliphatic heterocycles. The third-order valence-corrected chi connectivity index (χ3v) is 3.78. The van der Waals surface area contributed by atoms with Crippen LogP contribution in [0.5, 0.6) is 0 Å². The van der Waals surface area contributed by atoms with Crippen LogP contribution in [-0.2, 0) is 17.6 Å². The van der Waals surface area contributed by atoms with Crippen LogP contribution in [0, 0.1) is 11.8 Å². The monoisotopic (exact) mass is 287 g/mol. The van der Waals surface area contributed by atoms with Crippen LogP contribution in [-0.4, -0.2) is 23.7 Å². The van der Waals surface area contributed by atoms with Gasteiger partial charge in [0.2, 0.25) is 5.91 Å². The minimum absolute atomic E-state index is 0.0415. The smallest absolute Gasteiger partial charge is 0.224 e. The molecule has 0 spiro atoms. The van der Waals surface area contributed by atoms with Crippen molar-refractivity contribution in [2.45, 2.75) is 39.2 Å². The number of benzene rings is 1. The summed E-state index contributed by atoms with van der Waals surface area (Å²) in [5.41, 5.74) is 2.36. The summed E-state index contributed by atoms with van der Waals surface area (Å²) in [4.78, 5) is 12.0. The lowest BCUT2D eigenvalue weighted by Crippen LogP contribution is -2.34. The quantitative estimate of drug-likeness (QED) is 0.790. The Bertz CT molecular complexity index is 490. The number of hydrogen-bond donors (Lipinski definition) is 2. The van der Waals surface area contributed by atoms with E-state index in [2.05, 4.69) is 31.3 Å². The van der Waals surface area contributed by atoms with Crippen molar-refractivity contribution >= 4 is 5.91 Å². The molecule has 0 saturated heterocycles. The van der Waals surface area contributed by atoms with Crippen molar-refractivity contribution < 1.29 is 9.90 Å². The Morgan fingerprint density at radius 3 is 2.48 bits per heavy atom. The largest absolute Gasteiger partial charge is 0.396 e. The third kappa shape index (κ3) is 5.01. The maximum absolute atomic E-state index is 12.0. The predicted octanol–water partition coefficient (Wildman–Crippen LogP) is 2.48. The van der Waals surface area contributed by atoms with Gasteiger partial charge in [-0.15, -0.1) is 0 Å². The Morgan fingerprint density at radius 2 is 1.90 bits per heavy atom. The number of rotatable bonds is 6. The van der Waals surface area contributed by atoms with Crippen LogP contribution >= 0.6 is 0 Å². The average Bonchev–Trinajstić information content (AvgIpc) is 2.88. The molecule has 0 bridgehead atoms. The zero-order valence-electron chi connectivity index (χ0n) is 12.9. The topological polar surface area (TPSA) is 49.3 Å². The number of nitrogens with one attached hydrogen (secondary N) is 1. The Morgan fingerprint density at radius 1 is 1.24 bits per heavy atom. The fourth-order valence-electron chi connectivity index (χ4n) is 2.72. The summed E-state index contributed by atoms with van der Waals surface area (Å²) in [7, 11) is 0. The number of carbonyl (C=O) groups is 1. The average molecular weight is 287 g/mol. The zero-order chi connectivity index (χ0) is 15.2. The first-order chi connectivity index (χ1) is 10.1. The highest BCUT2D eigenvalue weighted by molar-refractivity contribution is 5.79. The molecule has 1 aliphatic carbocycles. The summed E-state index contributed by atoms with van der Waals surface area (Å²) in [5, 5.41) is 12.1. The molecule has 21 heavy (non-hydrogen) atoms. The highest BCUT2D eigenvalue weighted by Crippen LogP contribution is 2.17. The van der Waals surface area contributed by atoms with Crippen molar-refractivity contribution in [2.75, 3.05) is 6.61 Å². The van der Waals surface area contributed by atoms with Gasteiger partial charge in [-0.05, 0) is 29.9 Å². The lowest BCUT2D eigenvalue weighted by Gasteiger charge is -2.13. The summed E-state index contributed by atoms with van der Waals surface area (Å²) in [6, 6.07) is 8.37. The van der Waals surface area contributed by atoms with Gasteiger partial charge in [0.25, 0.3) is 0 Å². The van der Waals surface area contributed by atoms with Crippen molar-refractivity contribution in [1.29, 1.82) is 0 Å². The normalized spacial score (nSPS) is 21.0. The Kier molecular flexibility index (Phi) is 5.57. The van der Waals surface area contributed by atoms with E-state index in [4.69, 9.17) is 5.11 Å². The van der Waals surface area contributed by atoms with Crippen molar-refractivity contribution in [3.8, 4) is 0 Å². The van der Waals surface area contributed by atoms with Gasteiger partial charge in [-0.25, -0.2) is 0 Å². The number of hydrogen-bond acceptors (Lipinski definition) is 2. The fourth-order valence-corrected chi connectivity index (χ4v) is 2.72. The molecular formula is C18H25NO2. The van der Waals surface area contributed by atoms with Crippen LogP contribution in [0.2, 0.25) is 0 Å². The van der Waals surface area contributed by atoms with Gasteiger partial charge in [0.05, 0.1) is 6.42 Å². The van der Waals surface area contributed by atoms with E-state index in [1.807, 2.05) is 24.3 Å². The van der Waals surface area contributed by atoms with E-state index in [0.717, 1.165) is 18.4 Å². The number of amides is 1. The molecule has 0 heterocycles. The second-order valence-electron chi connectivity index (χ2n) is 6.33. The van der Waals surface area contributed by atoms with Gasteiger partial charge < -0.3 is 10.4 Å². The first-order valence-electron chi connectivity index (χ1n) is 7.73. The van der Waals surface area contributed by atoms with Crippen molar-refractivity contribution in [1.82, 2.24) is 5.32 Å². The molecular weight excluding hydrogens is 262 g/mol. The summed E-state index contributed by atoms with van der Waals surface area (Å²) in [5.74, 6) is 0.873. The SMILES string of the molecule is CC(C)Cc1ccc(CC(=O)N[C@@H]2C=C[C@H](CO)C2)cc1. The molecule has 0 aromatic heterocycles. The van der Waals surface area contributed by atoms with E-state index in [1.54, 1.807) is 0 Å². The van der Waals surface area contributed by atoms with Gasteiger partial charge in [-0.3, -0.25) is 4.79 Å². The molecule has 2 atom stereocenters. The molecule has 3 heteroatoms. The summed E-state index contributed by atoms with van der Waals surface area (Å²) in [6.07, 6.45) is 6.24. The summed E-state index contributed by atoms with van der Waals surface area (Å²) >= 11 is 0. The van der Waals surface area contributed by atoms with E-state index < -0.39 is 0 Å². The fraction of sp³-hybridized carbons (Fsp3) is 0.500. The molecule has 0 unspecified atom stereocenters. The van der Waals surface area contributed by atoms with Crippen molar-refractivity contribution in [2.24, 2.45) is 11.8 Å². The molecule has 0 fully saturated rings. The van der Waals surface area contributed by atoms with Crippen molar-refractivity contribution in [3.63, 3.8) is 0 Å². The van der Waals surface area contributed by atoms with Crippen LogP contribution in [0.3, 0.4) is 0 Å². The summed E-state index contributed by atoms with van der Waals surface area (Å²) < 4.78 is 0. The van der Waals surface area contributed by atoms with Crippen LogP contribution in [0.25, 0.3) is 0 Å². The zero-order valence-corrected chi connectivity index (χ0v) is 12.9. The van der Waals surface area contributed by atoms with E-state index in [0.29, 0.717) is 12.3 Å². The van der Waals surface area contributed by atoms with E-state index in [-0.39, 0.29) is 24.5 Å². The van der Waals surface area contributed by atoms with Crippen LogP contribution in [0.1, 0.15) is 31.4 Å². The van der Waals surface area contributed by atoms with Crippen LogP contribution in [0.4, 0.5) is 0 Å². The molecule has 1 aromatic rings. The molecule has 1 aliphatic rings. The Hall–Kier alpha value is -1.61. The minimum Gasteiger partial charge on any atom is -0.396 e. The van der Waals surface area contributed by atoms with Crippen molar-refractivity contribution in [3.05, 3.63) is 47.5 Å². The predicted molar refractivity (Wildman–Crippen MR) is 85.0 cm³/mol. The molecule has 2 rings (SSSR count). The number of carbonyl (C=O) groups excluding carboxylic acids is 1. The maximum atomic E-state index is 12.0. The van der Waals surface area contributed by atoms with E-state index in [9.17, 15) is 4.79 Å². The van der Waals surface area contributed by atoms with Gasteiger partial charge in [-0.2, -0.15) is 0 Å². The molecule has 1 aromatic carbocycles. The minimum atomic E-state index is 0.0415. The Balaban J connectivity index is 1.81. The molecule has 0 radical (unpaired) electrons. The van der Waals surface area contributed by atoms with E-state index in [1.165, 1.54) is 5.56 Å². The molecule has 2 N–H and O–H groups in total. The van der Waals surface area contributed by atoms with Gasteiger partial charge in [0.1, 0.15) is 0 Å². The first-order valence-corrected chi connectivity index (χ1v) is 7.73. The van der Waals surface area contributed by atoms with Gasteiger partial charge in [0.15, 0.2) is 0 Å². The lowest BCUT2D eigenvalue weighted by atomic mass is 10.0. The van der Waals surface area contributed by atoms with Gasteiger partial charge in [0, 0.05) is 18.6 Å². The lowest BCUT2D eigenvalue weighted by molar-refractivity contribution is -0.120. The van der Waals surface area contributed by atoms with Gasteiger partial charge in [-0.1, -0.05) is 50.3 Å². The third-order valence-electron chi connectivity index (χ3n) is 3.78. The second kappa shape index (κ2) is 7.41. The Labute approximate surface area is 127 Å². The number of aliphatic hydroxyl groups is 1. The molecule has 114 valence electrons. The molecule has 0 saturated carbocycles. The van der Waals surface area contributed by atoms with Gasteiger partial charge >= 0.3 is 0 Å². The summed E-state index contributed by atoms with van der Waals surface area (Å²) in [6.45, 7) is 4.56. The maximum Gasteiger partial charge on any atom is 0.224 e. The van der Waals surface area contributed by atoms with Crippen LogP contribution < -0.4 is 5.32 Å². The van der Waals surface area contributed by atoms with E-state index >= 15 is 0 Å². The first kappa shape index (κ1) is 15.8. The standard InChI is InChI=1S/C18H25NO2/c1-13(2)9-14-3-5-15(6-4-14)11-18(21)19-17-8-7-16(10-17)12-20/h3-8,13,16-17,20H,9-12H2,1-2H3,(H,19,21)/t16-,17+/m0/s1. The highest BCUT2D eigenvalue weighted by Gasteiger charge is 2.19. The van der Waals surface area contributed by atoms with Crippen LogP contribution in [0.15, 0.2) is 36.4 Å². The second-order valence-corrected chi connectivity index (χ2v) is 6.33.